The summed E-state index contributed by atoms with van der Waals surface area (Å²) in [5, 5.41) is 6.82. The van der Waals surface area contributed by atoms with Gasteiger partial charge in [-0.2, -0.15) is 0 Å². The van der Waals surface area contributed by atoms with Gasteiger partial charge in [-0.15, -0.1) is 0 Å². The zero-order valence-corrected chi connectivity index (χ0v) is 19.3. The average Bonchev–Trinajstić information content (AvgIpc) is 3.02. The number of hydrogen-bond acceptors (Lipinski definition) is 7. The summed E-state index contributed by atoms with van der Waals surface area (Å²) in [6.45, 7) is 5.03. The third-order valence-corrected chi connectivity index (χ3v) is 8.27. The van der Waals surface area contributed by atoms with Crippen LogP contribution in [0.25, 0.3) is 0 Å². The topological polar surface area (TPSA) is 93.9 Å². The zero-order valence-electron chi connectivity index (χ0n) is 19.3. The Morgan fingerprint density at radius 3 is 2.67 bits per heavy atom. The van der Waals surface area contributed by atoms with E-state index in [0.29, 0.717) is 38.5 Å². The standard InChI is InChI=1S/C24H34FN3O5/c1-15-12-17(33-27-15)13-26-22(29)20-18-2-3-19(24(18)5-6-24)21(20)23(30)32-11-10-31-9-8-28-7-4-16(25)14-28/h12,16,18-21H,2-11,13-14H2,1H3,(H,26,29)/t16-,18-,19+,20+,21+/m0/s1. The molecule has 2 bridgehead atoms. The second-order valence-electron chi connectivity index (χ2n) is 10.2. The molecule has 0 unspecified atom stereocenters. The molecule has 0 radical (unpaired) electrons. The van der Waals surface area contributed by atoms with Crippen LogP contribution in [-0.2, 0) is 25.6 Å². The molecule has 9 heteroatoms. The van der Waals surface area contributed by atoms with Crippen LogP contribution in [-0.4, -0.2) is 67.6 Å². The number of aromatic nitrogens is 1. The van der Waals surface area contributed by atoms with Gasteiger partial charge in [0.2, 0.25) is 5.91 Å². The molecule has 5 rings (SSSR count). The first-order valence-corrected chi connectivity index (χ1v) is 12.3. The number of amides is 1. The Bertz CT molecular complexity index is 872. The van der Waals surface area contributed by atoms with Crippen molar-refractivity contribution in [3.05, 3.63) is 17.5 Å². The number of alkyl halides is 1. The van der Waals surface area contributed by atoms with Gasteiger partial charge in [0.25, 0.3) is 0 Å². The molecule has 1 aromatic heterocycles. The molecule has 182 valence electrons. The van der Waals surface area contributed by atoms with E-state index in [2.05, 4.69) is 10.5 Å². The van der Waals surface area contributed by atoms with Crippen LogP contribution in [0.4, 0.5) is 4.39 Å². The summed E-state index contributed by atoms with van der Waals surface area (Å²) in [6.07, 6.45) is 4.08. The molecule has 1 amide bonds. The highest BCUT2D eigenvalue weighted by Crippen LogP contribution is 2.74. The van der Waals surface area contributed by atoms with Crippen LogP contribution in [0.5, 0.6) is 0 Å². The highest BCUT2D eigenvalue weighted by Gasteiger charge is 2.71. The molecule has 4 aliphatic rings. The number of ether oxygens (including phenoxy) is 2. The quantitative estimate of drug-likeness (QED) is 0.420. The Morgan fingerprint density at radius 1 is 1.21 bits per heavy atom. The summed E-state index contributed by atoms with van der Waals surface area (Å²) in [5.41, 5.74) is 0.932. The Balaban J connectivity index is 1.11. The number of halogens is 1. The highest BCUT2D eigenvalue weighted by atomic mass is 19.1. The summed E-state index contributed by atoms with van der Waals surface area (Å²) < 4.78 is 29.6. The van der Waals surface area contributed by atoms with Crippen molar-refractivity contribution in [2.75, 3.05) is 39.5 Å². The molecule has 8 nitrogen and oxygen atoms in total. The van der Waals surface area contributed by atoms with Crippen molar-refractivity contribution in [3.63, 3.8) is 0 Å². The lowest BCUT2D eigenvalue weighted by Crippen LogP contribution is -2.41. The SMILES string of the molecule is Cc1cc(CNC(=O)[C@H]2[C@H](C(=O)OCCOCCN3CC[C@H](F)C3)[C@H]3CC[C@@H]2C32CC2)on1. The lowest BCUT2D eigenvalue weighted by molar-refractivity contribution is -0.157. The number of rotatable bonds is 10. The van der Waals surface area contributed by atoms with Gasteiger partial charge in [0.1, 0.15) is 12.8 Å². The van der Waals surface area contributed by atoms with Crippen molar-refractivity contribution >= 4 is 11.9 Å². The lowest BCUT2D eigenvalue weighted by Gasteiger charge is -2.28. The lowest BCUT2D eigenvalue weighted by atomic mass is 9.78. The molecule has 2 heterocycles. The number of likely N-dealkylation sites (tertiary alicyclic amines) is 1. The number of carbonyl (C=O) groups excluding carboxylic acids is 2. The summed E-state index contributed by atoms with van der Waals surface area (Å²) in [6, 6.07) is 1.80. The maximum absolute atomic E-state index is 13.2. The van der Waals surface area contributed by atoms with Crippen LogP contribution in [0.1, 0.15) is 43.6 Å². The van der Waals surface area contributed by atoms with E-state index in [4.69, 9.17) is 14.0 Å². The maximum Gasteiger partial charge on any atom is 0.310 e. The minimum absolute atomic E-state index is 0.0856. The zero-order chi connectivity index (χ0) is 23.0. The smallest absolute Gasteiger partial charge is 0.310 e. The molecule has 33 heavy (non-hydrogen) atoms. The average molecular weight is 464 g/mol. The minimum Gasteiger partial charge on any atom is -0.463 e. The van der Waals surface area contributed by atoms with Crippen LogP contribution in [0, 0.1) is 36.0 Å². The van der Waals surface area contributed by atoms with Crippen molar-refractivity contribution in [2.45, 2.75) is 51.7 Å². The summed E-state index contributed by atoms with van der Waals surface area (Å²) in [7, 11) is 0. The van der Waals surface area contributed by atoms with Gasteiger partial charge in [0.05, 0.1) is 37.3 Å². The van der Waals surface area contributed by atoms with Gasteiger partial charge in [0.15, 0.2) is 5.76 Å². The van der Waals surface area contributed by atoms with Gasteiger partial charge in [-0.1, -0.05) is 5.16 Å². The van der Waals surface area contributed by atoms with Crippen LogP contribution >= 0.6 is 0 Å². The van der Waals surface area contributed by atoms with Crippen molar-refractivity contribution in [3.8, 4) is 0 Å². The van der Waals surface area contributed by atoms with Gasteiger partial charge < -0.3 is 19.3 Å². The van der Waals surface area contributed by atoms with Crippen molar-refractivity contribution in [1.82, 2.24) is 15.4 Å². The molecule has 1 spiro atoms. The monoisotopic (exact) mass is 463 g/mol. The fourth-order valence-electron chi connectivity index (χ4n) is 6.70. The first kappa shape index (κ1) is 22.8. The van der Waals surface area contributed by atoms with Gasteiger partial charge in [-0.25, -0.2) is 4.39 Å². The third-order valence-electron chi connectivity index (χ3n) is 8.27. The number of nitrogens with zero attached hydrogens (tertiary/aromatic N) is 2. The van der Waals surface area contributed by atoms with Crippen LogP contribution in [0.15, 0.2) is 10.6 Å². The maximum atomic E-state index is 13.2. The predicted octanol–water partition coefficient (Wildman–Crippen LogP) is 2.26. The number of hydrogen-bond donors (Lipinski definition) is 1. The molecule has 4 fully saturated rings. The van der Waals surface area contributed by atoms with Gasteiger partial charge in [-0.3, -0.25) is 14.5 Å². The van der Waals surface area contributed by atoms with Crippen molar-refractivity contribution in [1.29, 1.82) is 0 Å². The molecule has 1 aliphatic heterocycles. The predicted molar refractivity (Wildman–Crippen MR) is 116 cm³/mol. The van der Waals surface area contributed by atoms with Gasteiger partial charge in [0, 0.05) is 25.7 Å². The fraction of sp³-hybridized carbons (Fsp3) is 0.792. The molecule has 3 saturated carbocycles. The van der Waals surface area contributed by atoms with Gasteiger partial charge in [-0.05, 0) is 56.3 Å². The summed E-state index contributed by atoms with van der Waals surface area (Å²) in [4.78, 5) is 28.3. The third kappa shape index (κ3) is 4.54. The molecule has 0 aromatic carbocycles. The molecular formula is C24H34FN3O5. The summed E-state index contributed by atoms with van der Waals surface area (Å²) >= 11 is 0. The van der Waals surface area contributed by atoms with E-state index in [1.54, 1.807) is 6.07 Å². The van der Waals surface area contributed by atoms with Crippen LogP contribution < -0.4 is 5.32 Å². The number of aryl methyl sites for hydroxylation is 1. The minimum atomic E-state index is -0.729. The van der Waals surface area contributed by atoms with Crippen molar-refractivity contribution < 1.29 is 28.0 Å². The van der Waals surface area contributed by atoms with Gasteiger partial charge >= 0.3 is 5.97 Å². The van der Waals surface area contributed by atoms with Crippen molar-refractivity contribution in [2.24, 2.45) is 29.1 Å². The molecule has 3 aliphatic carbocycles. The molecule has 5 atom stereocenters. The van der Waals surface area contributed by atoms with E-state index in [9.17, 15) is 14.0 Å². The number of carbonyl (C=O) groups is 2. The molecule has 1 N–H and O–H groups in total. The Morgan fingerprint density at radius 2 is 2.00 bits per heavy atom. The normalized spacial score (nSPS) is 31.9. The van der Waals surface area contributed by atoms with E-state index in [1.165, 1.54) is 0 Å². The largest absolute Gasteiger partial charge is 0.463 e. The van der Waals surface area contributed by atoms with E-state index in [1.807, 2.05) is 11.8 Å². The fourth-order valence-corrected chi connectivity index (χ4v) is 6.70. The Labute approximate surface area is 193 Å². The Kier molecular flexibility index (Phi) is 6.44. The Hall–Kier alpha value is -2.00. The second-order valence-corrected chi connectivity index (χ2v) is 10.2. The number of nitrogens with one attached hydrogen (secondary N) is 1. The van der Waals surface area contributed by atoms with Crippen LogP contribution in [0.2, 0.25) is 0 Å². The van der Waals surface area contributed by atoms with E-state index >= 15 is 0 Å². The molecular weight excluding hydrogens is 429 g/mol. The highest BCUT2D eigenvalue weighted by molar-refractivity contribution is 5.87. The first-order chi connectivity index (χ1) is 16.0. The van der Waals surface area contributed by atoms with E-state index < -0.39 is 6.17 Å². The van der Waals surface area contributed by atoms with E-state index in [-0.39, 0.29) is 54.1 Å². The first-order valence-electron chi connectivity index (χ1n) is 12.3. The van der Waals surface area contributed by atoms with Crippen LogP contribution in [0.3, 0.4) is 0 Å². The second kappa shape index (κ2) is 9.33. The number of esters is 1. The summed E-state index contributed by atoms with van der Waals surface area (Å²) in [5.74, 6) is 0.0271. The van der Waals surface area contributed by atoms with E-state index in [0.717, 1.165) is 37.9 Å². The molecule has 1 aromatic rings. The molecule has 1 saturated heterocycles.